The zero-order chi connectivity index (χ0) is 20.7. The van der Waals surface area contributed by atoms with Crippen LogP contribution in [0.4, 0.5) is 0 Å². The summed E-state index contributed by atoms with van der Waals surface area (Å²) in [5, 5.41) is 7.34. The lowest BCUT2D eigenvalue weighted by atomic mass is 9.39. The van der Waals surface area contributed by atoms with Gasteiger partial charge in [-0.2, -0.15) is 5.10 Å². The summed E-state index contributed by atoms with van der Waals surface area (Å²) in [6, 6.07) is 1.41. The molecule has 0 radical (unpaired) electrons. The van der Waals surface area contributed by atoms with E-state index >= 15 is 0 Å². The summed E-state index contributed by atoms with van der Waals surface area (Å²) in [5.41, 5.74) is -0.474. The van der Waals surface area contributed by atoms with Crippen molar-refractivity contribution in [1.82, 2.24) is 15.1 Å². The lowest BCUT2D eigenvalue weighted by Gasteiger charge is -2.68. The van der Waals surface area contributed by atoms with Gasteiger partial charge in [-0.25, -0.2) is 4.68 Å². The van der Waals surface area contributed by atoms with Crippen LogP contribution < -0.4 is 15.6 Å². The average Bonchev–Trinajstić information content (AvgIpc) is 2.55. The van der Waals surface area contributed by atoms with Gasteiger partial charge >= 0.3 is 5.97 Å². The SMILES string of the molecule is COC(=O)C12CC(NC(=O)Cn3nc(C(C)C)c(OCC(C)C)cc3=O)(C1)C2. The van der Waals surface area contributed by atoms with Gasteiger partial charge in [0.25, 0.3) is 5.56 Å². The predicted molar refractivity (Wildman–Crippen MR) is 102 cm³/mol. The number of nitrogens with one attached hydrogen (secondary N) is 1. The highest BCUT2D eigenvalue weighted by atomic mass is 16.5. The predicted octanol–water partition coefficient (Wildman–Crippen LogP) is 1.61. The zero-order valence-corrected chi connectivity index (χ0v) is 17.2. The molecule has 1 amide bonds. The Labute approximate surface area is 164 Å². The molecule has 1 N–H and O–H groups in total. The molecule has 0 saturated heterocycles. The van der Waals surface area contributed by atoms with Crippen molar-refractivity contribution in [3.05, 3.63) is 22.1 Å². The molecule has 3 aliphatic carbocycles. The molecule has 4 rings (SSSR count). The molecule has 0 unspecified atom stereocenters. The van der Waals surface area contributed by atoms with Crippen LogP contribution in [0, 0.1) is 11.3 Å². The summed E-state index contributed by atoms with van der Waals surface area (Å²) in [4.78, 5) is 36.6. The number of hydrogen-bond donors (Lipinski definition) is 1. The second kappa shape index (κ2) is 7.22. The molecule has 3 fully saturated rings. The summed E-state index contributed by atoms with van der Waals surface area (Å²) < 4.78 is 11.7. The van der Waals surface area contributed by atoms with E-state index in [4.69, 9.17) is 9.47 Å². The van der Waals surface area contributed by atoms with Crippen LogP contribution in [0.25, 0.3) is 0 Å². The Kier molecular flexibility index (Phi) is 5.25. The maximum atomic E-state index is 12.5. The largest absolute Gasteiger partial charge is 0.491 e. The van der Waals surface area contributed by atoms with Gasteiger partial charge in [-0.1, -0.05) is 27.7 Å². The molecule has 28 heavy (non-hydrogen) atoms. The van der Waals surface area contributed by atoms with E-state index in [9.17, 15) is 14.4 Å². The molecule has 1 aromatic rings. The van der Waals surface area contributed by atoms with Crippen molar-refractivity contribution in [3.8, 4) is 5.75 Å². The van der Waals surface area contributed by atoms with E-state index in [2.05, 4.69) is 10.4 Å². The number of esters is 1. The molecule has 0 aliphatic heterocycles. The lowest BCUT2D eigenvalue weighted by molar-refractivity contribution is -0.203. The van der Waals surface area contributed by atoms with Gasteiger partial charge < -0.3 is 14.8 Å². The smallest absolute Gasteiger partial charge is 0.312 e. The summed E-state index contributed by atoms with van der Waals surface area (Å²) in [5.74, 6) is 0.368. The molecule has 0 spiro atoms. The highest BCUT2D eigenvalue weighted by Gasteiger charge is 2.73. The zero-order valence-electron chi connectivity index (χ0n) is 17.2. The first-order valence-electron chi connectivity index (χ1n) is 9.74. The Morgan fingerprint density at radius 3 is 2.43 bits per heavy atom. The highest BCUT2D eigenvalue weighted by molar-refractivity contribution is 5.84. The molecule has 8 heteroatoms. The Morgan fingerprint density at radius 2 is 1.89 bits per heavy atom. The number of methoxy groups -OCH3 is 1. The quantitative estimate of drug-likeness (QED) is 0.676. The van der Waals surface area contributed by atoms with Crippen molar-refractivity contribution >= 4 is 11.9 Å². The van der Waals surface area contributed by atoms with Gasteiger partial charge in [-0.3, -0.25) is 14.4 Å². The summed E-state index contributed by atoms with van der Waals surface area (Å²) in [6.45, 7) is 8.33. The minimum atomic E-state index is -0.419. The summed E-state index contributed by atoms with van der Waals surface area (Å²) >= 11 is 0. The van der Waals surface area contributed by atoms with E-state index in [-0.39, 0.29) is 35.4 Å². The fourth-order valence-electron chi connectivity index (χ4n) is 4.20. The first-order chi connectivity index (χ1) is 13.1. The molecule has 154 valence electrons. The van der Waals surface area contributed by atoms with Crippen LogP contribution >= 0.6 is 0 Å². The van der Waals surface area contributed by atoms with Gasteiger partial charge in [0.05, 0.1) is 19.1 Å². The number of rotatable bonds is 8. The van der Waals surface area contributed by atoms with Crippen molar-refractivity contribution in [1.29, 1.82) is 0 Å². The monoisotopic (exact) mass is 391 g/mol. The number of hydrogen-bond acceptors (Lipinski definition) is 6. The third kappa shape index (κ3) is 3.64. The number of carbonyl (C=O) groups excluding carboxylic acids is 2. The van der Waals surface area contributed by atoms with E-state index in [1.807, 2.05) is 27.7 Å². The van der Waals surface area contributed by atoms with Gasteiger partial charge in [0.15, 0.2) is 0 Å². The van der Waals surface area contributed by atoms with Gasteiger partial charge in [0.2, 0.25) is 5.91 Å². The van der Waals surface area contributed by atoms with Crippen LogP contribution in [0.2, 0.25) is 0 Å². The van der Waals surface area contributed by atoms with Crippen molar-refractivity contribution in [3.63, 3.8) is 0 Å². The van der Waals surface area contributed by atoms with Crippen LogP contribution in [-0.2, 0) is 20.9 Å². The molecule has 3 saturated carbocycles. The number of nitrogens with zero attached hydrogens (tertiary/aromatic N) is 2. The molecule has 0 aromatic carbocycles. The molecule has 3 aliphatic rings. The minimum absolute atomic E-state index is 0.0506. The van der Waals surface area contributed by atoms with E-state index < -0.39 is 5.41 Å². The lowest BCUT2D eigenvalue weighted by Crippen LogP contribution is -2.77. The number of carbonyl (C=O) groups is 2. The molecule has 2 bridgehead atoms. The van der Waals surface area contributed by atoms with Crippen molar-refractivity contribution in [2.24, 2.45) is 11.3 Å². The average molecular weight is 391 g/mol. The second-order valence-electron chi connectivity index (χ2n) is 8.88. The van der Waals surface area contributed by atoms with Gasteiger partial charge in [-0.05, 0) is 25.2 Å². The Balaban J connectivity index is 1.66. The second-order valence-corrected chi connectivity index (χ2v) is 8.88. The summed E-state index contributed by atoms with van der Waals surface area (Å²) in [7, 11) is 1.38. The van der Waals surface area contributed by atoms with Crippen LogP contribution in [-0.4, -0.2) is 40.9 Å². The topological polar surface area (TPSA) is 99.5 Å². The van der Waals surface area contributed by atoms with Crippen molar-refractivity contribution in [2.45, 2.75) is 65.0 Å². The fourth-order valence-corrected chi connectivity index (χ4v) is 4.20. The number of aromatic nitrogens is 2. The molecular weight excluding hydrogens is 362 g/mol. The van der Waals surface area contributed by atoms with Gasteiger partial charge in [0.1, 0.15) is 18.0 Å². The van der Waals surface area contributed by atoms with Crippen LogP contribution in [0.3, 0.4) is 0 Å². The van der Waals surface area contributed by atoms with E-state index in [1.54, 1.807) is 0 Å². The number of amides is 1. The molecular formula is C20H29N3O5. The molecule has 0 atom stereocenters. The highest BCUT2D eigenvalue weighted by Crippen LogP contribution is 2.67. The Morgan fingerprint density at radius 1 is 1.25 bits per heavy atom. The first-order valence-corrected chi connectivity index (χ1v) is 9.74. The van der Waals surface area contributed by atoms with E-state index in [1.165, 1.54) is 17.9 Å². The fraction of sp³-hybridized carbons (Fsp3) is 0.700. The molecule has 1 aromatic heterocycles. The normalized spacial score (nSPS) is 25.1. The third-order valence-electron chi connectivity index (χ3n) is 5.46. The van der Waals surface area contributed by atoms with Crippen LogP contribution in [0.1, 0.15) is 58.6 Å². The molecule has 8 nitrogen and oxygen atoms in total. The summed E-state index contributed by atoms with van der Waals surface area (Å²) in [6.07, 6.45) is 1.79. The standard InChI is InChI=1S/C20H29N3O5/c1-12(2)8-28-14-6-16(25)23(22-17(14)13(3)4)7-15(24)21-20-9-19(10-20,11-20)18(26)27-5/h6,12-13H,7-11H2,1-5H3,(H,21,24). The molecule has 1 heterocycles. The van der Waals surface area contributed by atoms with Crippen molar-refractivity contribution in [2.75, 3.05) is 13.7 Å². The Hall–Kier alpha value is -2.38. The first kappa shape index (κ1) is 20.4. The maximum Gasteiger partial charge on any atom is 0.312 e. The van der Waals surface area contributed by atoms with Crippen LogP contribution in [0.15, 0.2) is 10.9 Å². The van der Waals surface area contributed by atoms with E-state index in [0.29, 0.717) is 43.2 Å². The van der Waals surface area contributed by atoms with Gasteiger partial charge in [-0.15, -0.1) is 0 Å². The number of ether oxygens (including phenoxy) is 2. The van der Waals surface area contributed by atoms with Gasteiger partial charge in [0, 0.05) is 17.5 Å². The van der Waals surface area contributed by atoms with Crippen molar-refractivity contribution < 1.29 is 19.1 Å². The maximum absolute atomic E-state index is 12.5. The Bertz CT molecular complexity index is 823. The third-order valence-corrected chi connectivity index (χ3v) is 5.46. The van der Waals surface area contributed by atoms with Crippen LogP contribution in [0.5, 0.6) is 5.75 Å². The minimum Gasteiger partial charge on any atom is -0.491 e. The van der Waals surface area contributed by atoms with E-state index in [0.717, 1.165) is 0 Å².